The molecule has 1 saturated heterocycles. The van der Waals surface area contributed by atoms with Crippen LogP contribution >= 0.6 is 0 Å². The summed E-state index contributed by atoms with van der Waals surface area (Å²) >= 11 is 0. The number of carbonyl (C=O) groups excluding carboxylic acids is 1. The fourth-order valence-electron chi connectivity index (χ4n) is 1.64. The summed E-state index contributed by atoms with van der Waals surface area (Å²) in [5, 5.41) is 0. The van der Waals surface area contributed by atoms with Gasteiger partial charge in [0.15, 0.2) is 0 Å². The van der Waals surface area contributed by atoms with Crippen molar-refractivity contribution in [1.82, 2.24) is 4.90 Å². The summed E-state index contributed by atoms with van der Waals surface area (Å²) in [6, 6.07) is -0.368. The Morgan fingerprint density at radius 1 is 1.64 bits per heavy atom. The number of nitrogens with two attached hydrogens (primary N) is 1. The first-order valence-corrected chi connectivity index (χ1v) is 5.14. The van der Waals surface area contributed by atoms with E-state index in [4.69, 9.17) is 10.5 Å². The first-order valence-electron chi connectivity index (χ1n) is 5.14. The van der Waals surface area contributed by atoms with E-state index in [0.717, 1.165) is 0 Å². The van der Waals surface area contributed by atoms with Gasteiger partial charge in [0, 0.05) is 6.54 Å². The van der Waals surface area contributed by atoms with Crippen LogP contribution in [0.5, 0.6) is 0 Å². The van der Waals surface area contributed by atoms with Crippen LogP contribution in [0.2, 0.25) is 0 Å². The van der Waals surface area contributed by atoms with E-state index in [2.05, 4.69) is 0 Å². The molecule has 0 bridgehead atoms. The number of amides is 1. The highest BCUT2D eigenvalue weighted by Crippen LogP contribution is 2.19. The monoisotopic (exact) mass is 200 g/mol. The van der Waals surface area contributed by atoms with Gasteiger partial charge < -0.3 is 15.4 Å². The van der Waals surface area contributed by atoms with Crippen molar-refractivity contribution in [2.45, 2.75) is 38.8 Å². The van der Waals surface area contributed by atoms with Gasteiger partial charge in [-0.05, 0) is 20.3 Å². The lowest BCUT2D eigenvalue weighted by atomic mass is 10.0. The molecule has 0 aliphatic carbocycles. The average molecular weight is 200 g/mol. The molecule has 1 aliphatic rings. The molecule has 4 heteroatoms. The minimum absolute atomic E-state index is 0.0424. The SMILES string of the molecule is CCC(N)C(=O)N1CCOCC1(C)C. The number of carbonyl (C=O) groups is 1. The van der Waals surface area contributed by atoms with Gasteiger partial charge in [-0.1, -0.05) is 6.92 Å². The van der Waals surface area contributed by atoms with E-state index in [9.17, 15) is 4.79 Å². The molecule has 1 heterocycles. The lowest BCUT2D eigenvalue weighted by molar-refractivity contribution is -0.147. The van der Waals surface area contributed by atoms with Gasteiger partial charge in [0.2, 0.25) is 5.91 Å². The van der Waals surface area contributed by atoms with E-state index < -0.39 is 0 Å². The summed E-state index contributed by atoms with van der Waals surface area (Å²) in [6.45, 7) is 7.80. The Balaban J connectivity index is 2.69. The van der Waals surface area contributed by atoms with Gasteiger partial charge in [0.1, 0.15) is 0 Å². The third-order valence-corrected chi connectivity index (χ3v) is 2.67. The van der Waals surface area contributed by atoms with E-state index >= 15 is 0 Å². The Morgan fingerprint density at radius 2 is 2.29 bits per heavy atom. The smallest absolute Gasteiger partial charge is 0.240 e. The number of ether oxygens (including phenoxy) is 1. The second-order valence-electron chi connectivity index (χ2n) is 4.37. The molecule has 1 amide bonds. The van der Waals surface area contributed by atoms with Crippen molar-refractivity contribution in [3.8, 4) is 0 Å². The maximum atomic E-state index is 11.9. The van der Waals surface area contributed by atoms with Gasteiger partial charge in [-0.2, -0.15) is 0 Å². The standard InChI is InChI=1S/C10H20N2O2/c1-4-8(11)9(13)12-5-6-14-7-10(12,2)3/h8H,4-7,11H2,1-3H3. The van der Waals surface area contributed by atoms with Crippen molar-refractivity contribution in [2.24, 2.45) is 5.73 Å². The minimum atomic E-state index is -0.368. The fraction of sp³-hybridized carbons (Fsp3) is 0.900. The van der Waals surface area contributed by atoms with E-state index in [1.54, 1.807) is 0 Å². The molecule has 0 aromatic heterocycles. The second kappa shape index (κ2) is 4.28. The molecular formula is C10H20N2O2. The predicted octanol–water partition coefficient (Wildman–Crippen LogP) is 0.361. The average Bonchev–Trinajstić information content (AvgIpc) is 2.15. The second-order valence-corrected chi connectivity index (χ2v) is 4.37. The quantitative estimate of drug-likeness (QED) is 0.700. The zero-order valence-corrected chi connectivity index (χ0v) is 9.25. The zero-order chi connectivity index (χ0) is 10.8. The summed E-state index contributed by atoms with van der Waals surface area (Å²) in [6.07, 6.45) is 0.687. The van der Waals surface area contributed by atoms with Gasteiger partial charge in [-0.3, -0.25) is 4.79 Å². The molecule has 1 atom stereocenters. The van der Waals surface area contributed by atoms with Crippen molar-refractivity contribution >= 4 is 5.91 Å². The molecule has 0 aromatic carbocycles. The molecule has 0 spiro atoms. The number of morpholine rings is 1. The van der Waals surface area contributed by atoms with E-state index in [-0.39, 0.29) is 17.5 Å². The highest BCUT2D eigenvalue weighted by atomic mass is 16.5. The summed E-state index contributed by atoms with van der Waals surface area (Å²) < 4.78 is 5.34. The summed E-state index contributed by atoms with van der Waals surface area (Å²) in [5.74, 6) is 0.0424. The Kier molecular flexibility index (Phi) is 3.50. The van der Waals surface area contributed by atoms with Crippen molar-refractivity contribution in [3.05, 3.63) is 0 Å². The van der Waals surface area contributed by atoms with Crippen LogP contribution in [-0.2, 0) is 9.53 Å². The Hall–Kier alpha value is -0.610. The molecule has 82 valence electrons. The molecule has 0 saturated carbocycles. The predicted molar refractivity (Wildman–Crippen MR) is 54.9 cm³/mol. The molecule has 4 nitrogen and oxygen atoms in total. The first kappa shape index (κ1) is 11.5. The fourth-order valence-corrected chi connectivity index (χ4v) is 1.64. The molecule has 0 radical (unpaired) electrons. The van der Waals surface area contributed by atoms with Crippen LogP contribution in [0, 0.1) is 0 Å². The van der Waals surface area contributed by atoms with E-state index in [1.165, 1.54) is 0 Å². The molecule has 2 N–H and O–H groups in total. The van der Waals surface area contributed by atoms with Crippen LogP contribution in [0.4, 0.5) is 0 Å². The van der Waals surface area contributed by atoms with Crippen molar-refractivity contribution in [1.29, 1.82) is 0 Å². The van der Waals surface area contributed by atoms with Crippen LogP contribution in [-0.4, -0.2) is 42.1 Å². The normalized spacial score (nSPS) is 23.3. The minimum Gasteiger partial charge on any atom is -0.377 e. The lowest BCUT2D eigenvalue weighted by Gasteiger charge is -2.43. The van der Waals surface area contributed by atoms with Crippen molar-refractivity contribution in [2.75, 3.05) is 19.8 Å². The third-order valence-electron chi connectivity index (χ3n) is 2.67. The molecule has 14 heavy (non-hydrogen) atoms. The molecule has 1 fully saturated rings. The third kappa shape index (κ3) is 2.25. The molecule has 1 unspecified atom stereocenters. The van der Waals surface area contributed by atoms with Crippen LogP contribution in [0.1, 0.15) is 27.2 Å². The van der Waals surface area contributed by atoms with Gasteiger partial charge in [0.25, 0.3) is 0 Å². The van der Waals surface area contributed by atoms with Crippen molar-refractivity contribution < 1.29 is 9.53 Å². The van der Waals surface area contributed by atoms with Crippen molar-refractivity contribution in [3.63, 3.8) is 0 Å². The highest BCUT2D eigenvalue weighted by molar-refractivity contribution is 5.82. The Labute approximate surface area is 85.4 Å². The van der Waals surface area contributed by atoms with Gasteiger partial charge in [-0.15, -0.1) is 0 Å². The number of hydrogen-bond donors (Lipinski definition) is 1. The van der Waals surface area contributed by atoms with E-state index in [0.29, 0.717) is 26.2 Å². The summed E-state index contributed by atoms with van der Waals surface area (Å²) in [4.78, 5) is 13.7. The number of rotatable bonds is 2. The van der Waals surface area contributed by atoms with Crippen LogP contribution in [0.15, 0.2) is 0 Å². The Morgan fingerprint density at radius 3 is 2.79 bits per heavy atom. The van der Waals surface area contributed by atoms with E-state index in [1.807, 2.05) is 25.7 Å². The molecular weight excluding hydrogens is 180 g/mol. The summed E-state index contributed by atoms with van der Waals surface area (Å²) in [7, 11) is 0. The maximum Gasteiger partial charge on any atom is 0.240 e. The maximum absolute atomic E-state index is 11.9. The largest absolute Gasteiger partial charge is 0.377 e. The zero-order valence-electron chi connectivity index (χ0n) is 9.25. The molecule has 1 aliphatic heterocycles. The number of nitrogens with zero attached hydrogens (tertiary/aromatic N) is 1. The van der Waals surface area contributed by atoms with Gasteiger partial charge >= 0.3 is 0 Å². The van der Waals surface area contributed by atoms with Crippen LogP contribution in [0.25, 0.3) is 0 Å². The highest BCUT2D eigenvalue weighted by Gasteiger charge is 2.35. The van der Waals surface area contributed by atoms with Crippen LogP contribution in [0.3, 0.4) is 0 Å². The summed E-state index contributed by atoms with van der Waals surface area (Å²) in [5.41, 5.74) is 5.52. The van der Waals surface area contributed by atoms with Gasteiger partial charge in [0.05, 0.1) is 24.8 Å². The number of hydrogen-bond acceptors (Lipinski definition) is 3. The topological polar surface area (TPSA) is 55.6 Å². The molecule has 0 aromatic rings. The lowest BCUT2D eigenvalue weighted by Crippen LogP contribution is -2.59. The van der Waals surface area contributed by atoms with Crippen LogP contribution < -0.4 is 5.73 Å². The molecule has 1 rings (SSSR count). The van der Waals surface area contributed by atoms with Gasteiger partial charge in [-0.25, -0.2) is 0 Å². The Bertz CT molecular complexity index is 216. The first-order chi connectivity index (χ1) is 6.49.